The Balaban J connectivity index is 1.97. The molecule has 0 aromatic rings. The first-order valence-corrected chi connectivity index (χ1v) is 4.37. The number of carbonyl (C=O) groups is 1. The quantitative estimate of drug-likeness (QED) is 0.523. The lowest BCUT2D eigenvalue weighted by Crippen LogP contribution is -2.36. The molecule has 3 nitrogen and oxygen atoms in total. The van der Waals surface area contributed by atoms with Crippen LogP contribution in [0.2, 0.25) is 0 Å². The summed E-state index contributed by atoms with van der Waals surface area (Å²) in [6, 6.07) is 1.11. The van der Waals surface area contributed by atoms with Gasteiger partial charge in [0.05, 0.1) is 0 Å². The monoisotopic (exact) mass is 154 g/mol. The van der Waals surface area contributed by atoms with Crippen LogP contribution in [0.25, 0.3) is 0 Å². The van der Waals surface area contributed by atoms with E-state index in [-0.39, 0.29) is 6.17 Å². The van der Waals surface area contributed by atoms with E-state index in [4.69, 9.17) is 0 Å². The molecule has 1 aliphatic carbocycles. The highest BCUT2D eigenvalue weighted by molar-refractivity contribution is 5.57. The maximum atomic E-state index is 10.4. The number of carbonyl (C=O) groups excluding carboxylic acids is 1. The van der Waals surface area contributed by atoms with E-state index < -0.39 is 0 Å². The molecular weight excluding hydrogens is 140 g/mol. The Kier molecular flexibility index (Phi) is 1.92. The van der Waals surface area contributed by atoms with Gasteiger partial charge in [0.2, 0.25) is 0 Å². The fourth-order valence-corrected chi connectivity index (χ4v) is 2.12. The van der Waals surface area contributed by atoms with E-state index in [1.165, 1.54) is 25.7 Å². The number of rotatable bonds is 1. The lowest BCUT2D eigenvalue weighted by atomic mass is 9.92. The lowest BCUT2D eigenvalue weighted by molar-refractivity contribution is -0.109. The topological polar surface area (TPSA) is 41.1 Å². The van der Waals surface area contributed by atoms with Gasteiger partial charge in [0.1, 0.15) is 6.17 Å². The van der Waals surface area contributed by atoms with Gasteiger partial charge in [-0.3, -0.25) is 10.6 Å². The van der Waals surface area contributed by atoms with Crippen molar-refractivity contribution in [1.29, 1.82) is 0 Å². The van der Waals surface area contributed by atoms with Crippen molar-refractivity contribution in [2.75, 3.05) is 0 Å². The maximum Gasteiger partial charge on any atom is 0.151 e. The first-order chi connectivity index (χ1) is 5.40. The van der Waals surface area contributed by atoms with Crippen LogP contribution in [-0.4, -0.2) is 24.5 Å². The van der Waals surface area contributed by atoms with Crippen LogP contribution in [0.5, 0.6) is 0 Å². The molecular formula is C8H14N2O. The summed E-state index contributed by atoms with van der Waals surface area (Å²) in [5, 5.41) is 6.53. The van der Waals surface area contributed by atoms with Gasteiger partial charge in [-0.1, -0.05) is 12.8 Å². The van der Waals surface area contributed by atoms with Crippen molar-refractivity contribution in [1.82, 2.24) is 10.6 Å². The van der Waals surface area contributed by atoms with Crippen LogP contribution < -0.4 is 10.6 Å². The van der Waals surface area contributed by atoms with Crippen LogP contribution in [0.15, 0.2) is 0 Å². The predicted octanol–water partition coefficient (Wildman–Crippen LogP) is 0.0154. The summed E-state index contributed by atoms with van der Waals surface area (Å²) in [4.78, 5) is 10.4. The van der Waals surface area contributed by atoms with Crippen molar-refractivity contribution in [3.63, 3.8) is 0 Å². The van der Waals surface area contributed by atoms with Crippen LogP contribution in [-0.2, 0) is 4.79 Å². The fourth-order valence-electron chi connectivity index (χ4n) is 2.12. The standard InChI is InChI=1S/C8H14N2O/c11-5-8-9-6-3-1-2-4-7(6)10-8/h5-10H,1-4H2. The Labute approximate surface area is 66.5 Å². The molecule has 2 atom stereocenters. The first kappa shape index (κ1) is 7.25. The van der Waals surface area contributed by atoms with E-state index >= 15 is 0 Å². The summed E-state index contributed by atoms with van der Waals surface area (Å²) in [5.41, 5.74) is 0. The second-order valence-corrected chi connectivity index (χ2v) is 3.44. The van der Waals surface area contributed by atoms with Crippen molar-refractivity contribution in [2.45, 2.75) is 43.9 Å². The molecule has 62 valence electrons. The summed E-state index contributed by atoms with van der Waals surface area (Å²) in [5.74, 6) is 0. The molecule has 0 aromatic carbocycles. The molecule has 0 amide bonds. The predicted molar refractivity (Wildman–Crippen MR) is 42.2 cm³/mol. The van der Waals surface area contributed by atoms with Crippen molar-refractivity contribution >= 4 is 6.29 Å². The smallest absolute Gasteiger partial charge is 0.151 e. The third-order valence-corrected chi connectivity index (χ3v) is 2.69. The summed E-state index contributed by atoms with van der Waals surface area (Å²) >= 11 is 0. The number of hydrogen-bond donors (Lipinski definition) is 2. The summed E-state index contributed by atoms with van der Waals surface area (Å²) < 4.78 is 0. The molecule has 11 heavy (non-hydrogen) atoms. The Morgan fingerprint density at radius 2 is 1.64 bits per heavy atom. The third-order valence-electron chi connectivity index (χ3n) is 2.69. The summed E-state index contributed by atoms with van der Waals surface area (Å²) in [6.07, 6.45) is 5.94. The Hall–Kier alpha value is -0.410. The number of aldehydes is 1. The van der Waals surface area contributed by atoms with Crippen molar-refractivity contribution in [2.24, 2.45) is 0 Å². The highest BCUT2D eigenvalue weighted by Gasteiger charge is 2.33. The largest absolute Gasteiger partial charge is 0.300 e. The highest BCUT2D eigenvalue weighted by Crippen LogP contribution is 2.21. The van der Waals surface area contributed by atoms with Gasteiger partial charge in [0.15, 0.2) is 6.29 Å². The zero-order chi connectivity index (χ0) is 7.68. The molecule has 0 aromatic heterocycles. The van der Waals surface area contributed by atoms with Crippen molar-refractivity contribution in [3.8, 4) is 0 Å². The number of fused-ring (bicyclic) bond motifs is 1. The molecule has 1 saturated carbocycles. The van der Waals surface area contributed by atoms with Gasteiger partial charge in [0.25, 0.3) is 0 Å². The lowest BCUT2D eigenvalue weighted by Gasteiger charge is -2.23. The van der Waals surface area contributed by atoms with E-state index in [1.807, 2.05) is 0 Å². The van der Waals surface area contributed by atoms with Gasteiger partial charge in [-0.15, -0.1) is 0 Å². The second-order valence-electron chi connectivity index (χ2n) is 3.44. The van der Waals surface area contributed by atoms with Crippen molar-refractivity contribution < 1.29 is 4.79 Å². The van der Waals surface area contributed by atoms with Crippen LogP contribution >= 0.6 is 0 Å². The zero-order valence-corrected chi connectivity index (χ0v) is 6.55. The molecule has 2 aliphatic rings. The average Bonchev–Trinajstić information content (AvgIpc) is 2.46. The first-order valence-electron chi connectivity index (χ1n) is 4.37. The Morgan fingerprint density at radius 3 is 2.09 bits per heavy atom. The minimum atomic E-state index is -0.0805. The summed E-state index contributed by atoms with van der Waals surface area (Å²) in [6.45, 7) is 0. The molecule has 3 heteroatoms. The second kappa shape index (κ2) is 2.91. The SMILES string of the molecule is O=CC1NC2CCCCC2N1. The Bertz CT molecular complexity index is 146. The molecule has 0 spiro atoms. The van der Waals surface area contributed by atoms with Crippen molar-refractivity contribution in [3.05, 3.63) is 0 Å². The molecule has 0 bridgehead atoms. The van der Waals surface area contributed by atoms with E-state index in [0.717, 1.165) is 6.29 Å². The average molecular weight is 154 g/mol. The third kappa shape index (κ3) is 1.30. The summed E-state index contributed by atoms with van der Waals surface area (Å²) in [7, 11) is 0. The number of hydrogen-bond acceptors (Lipinski definition) is 3. The molecule has 1 aliphatic heterocycles. The van der Waals surface area contributed by atoms with Gasteiger partial charge in [-0.05, 0) is 12.8 Å². The zero-order valence-electron chi connectivity index (χ0n) is 6.55. The fraction of sp³-hybridized carbons (Fsp3) is 0.875. The maximum absolute atomic E-state index is 10.4. The van der Waals surface area contributed by atoms with E-state index in [9.17, 15) is 4.79 Å². The Morgan fingerprint density at radius 1 is 1.09 bits per heavy atom. The van der Waals surface area contributed by atoms with Gasteiger partial charge in [-0.2, -0.15) is 0 Å². The molecule has 2 N–H and O–H groups in total. The highest BCUT2D eigenvalue weighted by atomic mass is 16.1. The minimum absolute atomic E-state index is 0.0805. The molecule has 0 radical (unpaired) electrons. The van der Waals surface area contributed by atoms with E-state index in [1.54, 1.807) is 0 Å². The van der Waals surface area contributed by atoms with Gasteiger partial charge in [-0.25, -0.2) is 0 Å². The van der Waals surface area contributed by atoms with E-state index in [0.29, 0.717) is 12.1 Å². The van der Waals surface area contributed by atoms with Crippen LogP contribution in [0.4, 0.5) is 0 Å². The van der Waals surface area contributed by atoms with Crippen LogP contribution in [0.1, 0.15) is 25.7 Å². The van der Waals surface area contributed by atoms with Gasteiger partial charge < -0.3 is 4.79 Å². The van der Waals surface area contributed by atoms with Crippen LogP contribution in [0, 0.1) is 0 Å². The normalized spacial score (nSPS) is 43.5. The van der Waals surface area contributed by atoms with Gasteiger partial charge >= 0.3 is 0 Å². The molecule has 2 rings (SSSR count). The molecule has 2 unspecified atom stereocenters. The van der Waals surface area contributed by atoms with Gasteiger partial charge in [0, 0.05) is 12.1 Å². The molecule has 1 heterocycles. The minimum Gasteiger partial charge on any atom is -0.300 e. The molecule has 1 saturated heterocycles. The van der Waals surface area contributed by atoms with Crippen LogP contribution in [0.3, 0.4) is 0 Å². The number of nitrogens with one attached hydrogen (secondary N) is 2. The molecule has 2 fully saturated rings. The van der Waals surface area contributed by atoms with E-state index in [2.05, 4.69) is 10.6 Å².